The summed E-state index contributed by atoms with van der Waals surface area (Å²) < 4.78 is 0. The van der Waals surface area contributed by atoms with Gasteiger partial charge in [0.15, 0.2) is 0 Å². The molecule has 0 saturated carbocycles. The van der Waals surface area contributed by atoms with Gasteiger partial charge in [0.1, 0.15) is 0 Å². The van der Waals surface area contributed by atoms with Crippen LogP contribution >= 0.6 is 0 Å². The quantitative estimate of drug-likeness (QED) is 0.703. The molecule has 1 aromatic carbocycles. The molecule has 2 aliphatic rings. The normalized spacial score (nSPS) is 25.3. The van der Waals surface area contributed by atoms with Crippen LogP contribution in [0.4, 0.5) is 0 Å². The second-order valence-corrected chi connectivity index (χ2v) is 7.58. The van der Waals surface area contributed by atoms with Crippen LogP contribution in [0.1, 0.15) is 62.4 Å². The van der Waals surface area contributed by atoms with E-state index in [1.807, 2.05) is 12.1 Å². The molecule has 2 nitrogen and oxygen atoms in total. The summed E-state index contributed by atoms with van der Waals surface area (Å²) in [6.07, 6.45) is 4.25. The minimum absolute atomic E-state index is 0.128. The van der Waals surface area contributed by atoms with E-state index in [0.29, 0.717) is 12.1 Å². The molecule has 2 unspecified atom stereocenters. The first-order chi connectivity index (χ1) is 9.86. The molecule has 21 heavy (non-hydrogen) atoms. The van der Waals surface area contributed by atoms with Gasteiger partial charge in [0.05, 0.1) is 0 Å². The molecule has 0 aliphatic carbocycles. The lowest BCUT2D eigenvalue weighted by Gasteiger charge is -2.36. The van der Waals surface area contributed by atoms with Gasteiger partial charge in [-0.15, -0.1) is 0 Å². The molecule has 2 heteroatoms. The Bertz CT molecular complexity index is 548. The van der Waals surface area contributed by atoms with Gasteiger partial charge in [0.2, 0.25) is 0 Å². The van der Waals surface area contributed by atoms with Crippen LogP contribution in [0.5, 0.6) is 0 Å². The number of carbonyl (C=O) groups excluding carboxylic acids is 1. The Morgan fingerprint density at radius 3 is 2.10 bits per heavy atom. The van der Waals surface area contributed by atoms with E-state index in [1.54, 1.807) is 0 Å². The van der Waals surface area contributed by atoms with Crippen molar-refractivity contribution < 1.29 is 4.79 Å². The first-order valence-corrected chi connectivity index (χ1v) is 7.96. The Morgan fingerprint density at radius 1 is 1.10 bits per heavy atom. The highest BCUT2D eigenvalue weighted by molar-refractivity contribution is 5.95. The van der Waals surface area contributed by atoms with E-state index in [0.717, 1.165) is 31.2 Å². The van der Waals surface area contributed by atoms with Crippen molar-refractivity contribution in [2.24, 2.45) is 0 Å². The Kier molecular flexibility index (Phi) is 3.43. The van der Waals surface area contributed by atoms with Gasteiger partial charge in [-0.1, -0.05) is 45.1 Å². The Balaban J connectivity index is 1.81. The van der Waals surface area contributed by atoms with Gasteiger partial charge in [0.25, 0.3) is 5.91 Å². The van der Waals surface area contributed by atoms with Crippen LogP contribution in [0.3, 0.4) is 0 Å². The second kappa shape index (κ2) is 5.01. The predicted octanol–water partition coefficient (Wildman–Crippen LogP) is 4.31. The van der Waals surface area contributed by atoms with Gasteiger partial charge >= 0.3 is 0 Å². The summed E-state index contributed by atoms with van der Waals surface area (Å²) in [5, 5.41) is 0. The Labute approximate surface area is 127 Å². The van der Waals surface area contributed by atoms with Crippen molar-refractivity contribution in [2.75, 3.05) is 0 Å². The smallest absolute Gasteiger partial charge is 0.254 e. The van der Waals surface area contributed by atoms with Crippen LogP contribution in [0.2, 0.25) is 0 Å². The maximum atomic E-state index is 12.8. The van der Waals surface area contributed by atoms with Gasteiger partial charge in [0, 0.05) is 17.6 Å². The number of fused-ring (bicyclic) bond motifs is 2. The maximum Gasteiger partial charge on any atom is 0.254 e. The van der Waals surface area contributed by atoms with E-state index in [-0.39, 0.29) is 11.3 Å². The minimum atomic E-state index is 0.128. The van der Waals surface area contributed by atoms with Crippen LogP contribution in [-0.2, 0) is 5.41 Å². The monoisotopic (exact) mass is 283 g/mol. The van der Waals surface area contributed by atoms with Crippen LogP contribution in [0.25, 0.3) is 0 Å². The van der Waals surface area contributed by atoms with Crippen LogP contribution in [0.15, 0.2) is 36.4 Å². The van der Waals surface area contributed by atoms with E-state index in [4.69, 9.17) is 0 Å². The van der Waals surface area contributed by atoms with Crippen molar-refractivity contribution in [3.63, 3.8) is 0 Å². The third kappa shape index (κ3) is 2.64. The molecule has 2 fully saturated rings. The fourth-order valence-corrected chi connectivity index (χ4v) is 3.71. The van der Waals surface area contributed by atoms with Crippen LogP contribution in [0, 0.1) is 0 Å². The number of carbonyl (C=O) groups is 1. The summed E-state index contributed by atoms with van der Waals surface area (Å²) in [5.74, 6) is 0.204. The van der Waals surface area contributed by atoms with Gasteiger partial charge in [-0.05, 0) is 48.8 Å². The molecular weight excluding hydrogens is 258 g/mol. The molecule has 1 aromatic rings. The molecule has 2 atom stereocenters. The molecule has 0 N–H and O–H groups in total. The number of nitrogens with zero attached hydrogens (tertiary/aromatic N) is 1. The minimum Gasteiger partial charge on any atom is -0.332 e. The van der Waals surface area contributed by atoms with Crippen molar-refractivity contribution >= 4 is 5.91 Å². The topological polar surface area (TPSA) is 20.3 Å². The van der Waals surface area contributed by atoms with Crippen molar-refractivity contribution in [3.05, 3.63) is 47.5 Å². The Morgan fingerprint density at radius 2 is 1.62 bits per heavy atom. The SMILES string of the molecule is C=C1CC2CCC(C1)N2C(=O)c1ccc(C(C)(C)C)cc1. The lowest BCUT2D eigenvalue weighted by Crippen LogP contribution is -2.44. The van der Waals surface area contributed by atoms with E-state index < -0.39 is 0 Å². The van der Waals surface area contributed by atoms with Crippen LogP contribution < -0.4 is 0 Å². The summed E-state index contributed by atoms with van der Waals surface area (Å²) in [7, 11) is 0. The number of rotatable bonds is 1. The van der Waals surface area contributed by atoms with E-state index in [1.165, 1.54) is 11.1 Å². The third-order valence-electron chi connectivity index (χ3n) is 4.90. The van der Waals surface area contributed by atoms with E-state index >= 15 is 0 Å². The number of hydrogen-bond acceptors (Lipinski definition) is 1. The molecule has 2 saturated heterocycles. The molecule has 0 aromatic heterocycles. The van der Waals surface area contributed by atoms with Crippen molar-refractivity contribution in [1.29, 1.82) is 0 Å². The molecule has 0 spiro atoms. The molecular formula is C19H25NO. The summed E-state index contributed by atoms with van der Waals surface area (Å²) >= 11 is 0. The summed E-state index contributed by atoms with van der Waals surface area (Å²) in [6, 6.07) is 8.94. The maximum absolute atomic E-state index is 12.8. The van der Waals surface area contributed by atoms with Crippen molar-refractivity contribution in [2.45, 2.75) is 64.0 Å². The number of hydrogen-bond donors (Lipinski definition) is 0. The first kappa shape index (κ1) is 14.4. The standard InChI is InChI=1S/C19H25NO/c1-13-11-16-9-10-17(12-13)20(16)18(21)14-5-7-15(8-6-14)19(2,3)4/h5-8,16-17H,1,9-12H2,2-4H3. The average molecular weight is 283 g/mol. The van der Waals surface area contributed by atoms with Crippen LogP contribution in [-0.4, -0.2) is 22.9 Å². The zero-order chi connectivity index (χ0) is 15.2. The highest BCUT2D eigenvalue weighted by Crippen LogP contribution is 2.38. The summed E-state index contributed by atoms with van der Waals surface area (Å²) in [6.45, 7) is 10.7. The number of piperidine rings is 1. The van der Waals surface area contributed by atoms with Gasteiger partial charge in [-0.25, -0.2) is 0 Å². The molecule has 0 radical (unpaired) electrons. The highest BCUT2D eigenvalue weighted by atomic mass is 16.2. The molecule has 112 valence electrons. The highest BCUT2D eigenvalue weighted by Gasteiger charge is 2.40. The largest absolute Gasteiger partial charge is 0.332 e. The average Bonchev–Trinajstić information content (AvgIpc) is 2.69. The summed E-state index contributed by atoms with van der Waals surface area (Å²) in [5.41, 5.74) is 3.54. The van der Waals surface area contributed by atoms with Crippen molar-refractivity contribution in [3.8, 4) is 0 Å². The van der Waals surface area contributed by atoms with Gasteiger partial charge in [-0.3, -0.25) is 4.79 Å². The van der Waals surface area contributed by atoms with E-state index in [2.05, 4.69) is 44.4 Å². The zero-order valence-corrected chi connectivity index (χ0v) is 13.4. The number of amides is 1. The first-order valence-electron chi connectivity index (χ1n) is 7.96. The van der Waals surface area contributed by atoms with Crippen molar-refractivity contribution in [1.82, 2.24) is 4.90 Å². The molecule has 3 rings (SSSR count). The third-order valence-corrected chi connectivity index (χ3v) is 4.90. The lowest BCUT2D eigenvalue weighted by molar-refractivity contribution is 0.0635. The fourth-order valence-electron chi connectivity index (χ4n) is 3.71. The summed E-state index contributed by atoms with van der Waals surface area (Å²) in [4.78, 5) is 15.0. The Hall–Kier alpha value is -1.57. The number of benzene rings is 1. The molecule has 2 bridgehead atoms. The van der Waals surface area contributed by atoms with E-state index in [9.17, 15) is 4.79 Å². The lowest BCUT2D eigenvalue weighted by atomic mass is 9.86. The predicted molar refractivity (Wildman–Crippen MR) is 86.5 cm³/mol. The molecule has 1 amide bonds. The van der Waals surface area contributed by atoms with Gasteiger partial charge in [-0.2, -0.15) is 0 Å². The zero-order valence-electron chi connectivity index (χ0n) is 13.4. The fraction of sp³-hybridized carbons (Fsp3) is 0.526. The molecule has 2 aliphatic heterocycles. The molecule has 2 heterocycles. The van der Waals surface area contributed by atoms with Gasteiger partial charge < -0.3 is 4.90 Å². The second-order valence-electron chi connectivity index (χ2n) is 7.58.